The van der Waals surface area contributed by atoms with E-state index in [1.165, 1.54) is 18.4 Å². The number of rotatable bonds is 2. The summed E-state index contributed by atoms with van der Waals surface area (Å²) in [7, 11) is 0. The molecule has 0 unspecified atom stereocenters. The molecule has 1 saturated heterocycles. The molecule has 2 aliphatic carbocycles. The maximum atomic E-state index is 12.8. The minimum atomic E-state index is -0.00889. The van der Waals surface area contributed by atoms with Gasteiger partial charge < -0.3 is 9.64 Å². The summed E-state index contributed by atoms with van der Waals surface area (Å²) in [6.07, 6.45) is 5.77. The molecular formula is C18H23NO2. The standard InChI is InChI=1S/C18H23NO2/c20-17(16-12-15(16)14-6-2-1-3-7-14)19-10-11-21-18(13-19)8-4-5-9-18/h1-3,6-7,15-16H,4-5,8-13H2/t15-,16+/m0/s1. The Morgan fingerprint density at radius 1 is 1.19 bits per heavy atom. The molecule has 0 N–H and O–H groups in total. The minimum Gasteiger partial charge on any atom is -0.371 e. The zero-order valence-electron chi connectivity index (χ0n) is 12.5. The van der Waals surface area contributed by atoms with Gasteiger partial charge in [0.15, 0.2) is 0 Å². The van der Waals surface area contributed by atoms with Crippen LogP contribution in [0.3, 0.4) is 0 Å². The lowest BCUT2D eigenvalue weighted by Gasteiger charge is -2.40. The largest absolute Gasteiger partial charge is 0.371 e. The summed E-state index contributed by atoms with van der Waals surface area (Å²) in [5, 5.41) is 0. The van der Waals surface area contributed by atoms with Crippen molar-refractivity contribution < 1.29 is 9.53 Å². The monoisotopic (exact) mass is 285 g/mol. The van der Waals surface area contributed by atoms with E-state index >= 15 is 0 Å². The fourth-order valence-corrected chi connectivity index (χ4v) is 4.13. The second-order valence-electron chi connectivity index (χ2n) is 6.86. The van der Waals surface area contributed by atoms with Crippen LogP contribution in [0.2, 0.25) is 0 Å². The second kappa shape index (κ2) is 5.13. The summed E-state index contributed by atoms with van der Waals surface area (Å²) < 4.78 is 6.02. The molecule has 112 valence electrons. The topological polar surface area (TPSA) is 29.5 Å². The number of ether oxygens (including phenoxy) is 1. The van der Waals surface area contributed by atoms with Crippen LogP contribution in [-0.2, 0) is 9.53 Å². The van der Waals surface area contributed by atoms with Crippen LogP contribution in [0.15, 0.2) is 30.3 Å². The van der Waals surface area contributed by atoms with Gasteiger partial charge in [-0.25, -0.2) is 0 Å². The van der Waals surface area contributed by atoms with Gasteiger partial charge in [0.05, 0.1) is 12.2 Å². The molecule has 21 heavy (non-hydrogen) atoms. The molecule has 0 aromatic heterocycles. The van der Waals surface area contributed by atoms with E-state index < -0.39 is 0 Å². The van der Waals surface area contributed by atoms with Gasteiger partial charge in [-0.2, -0.15) is 0 Å². The Labute approximate surface area is 126 Å². The number of amides is 1. The van der Waals surface area contributed by atoms with E-state index in [0.29, 0.717) is 18.4 Å². The molecule has 1 heterocycles. The van der Waals surface area contributed by atoms with Crippen molar-refractivity contribution in [2.45, 2.75) is 43.6 Å². The molecule has 2 saturated carbocycles. The van der Waals surface area contributed by atoms with Crippen molar-refractivity contribution in [3.8, 4) is 0 Å². The predicted octanol–water partition coefficient (Wildman–Crippen LogP) is 2.96. The molecule has 3 nitrogen and oxygen atoms in total. The predicted molar refractivity (Wildman–Crippen MR) is 81.0 cm³/mol. The van der Waals surface area contributed by atoms with E-state index in [1.54, 1.807) is 0 Å². The van der Waals surface area contributed by atoms with Gasteiger partial charge >= 0.3 is 0 Å². The number of hydrogen-bond acceptors (Lipinski definition) is 2. The summed E-state index contributed by atoms with van der Waals surface area (Å²) in [4.78, 5) is 14.8. The first-order valence-electron chi connectivity index (χ1n) is 8.25. The van der Waals surface area contributed by atoms with Crippen LogP contribution in [0.1, 0.15) is 43.6 Å². The number of carbonyl (C=O) groups excluding carboxylic acids is 1. The minimum absolute atomic E-state index is 0.00889. The van der Waals surface area contributed by atoms with Crippen molar-refractivity contribution >= 4 is 5.91 Å². The van der Waals surface area contributed by atoms with Crippen LogP contribution in [0.5, 0.6) is 0 Å². The molecule has 1 amide bonds. The van der Waals surface area contributed by atoms with Gasteiger partial charge in [-0.3, -0.25) is 4.79 Å². The smallest absolute Gasteiger partial charge is 0.226 e. The van der Waals surface area contributed by atoms with Crippen molar-refractivity contribution in [1.29, 1.82) is 0 Å². The first-order valence-corrected chi connectivity index (χ1v) is 8.25. The third kappa shape index (κ3) is 2.48. The zero-order chi connectivity index (χ0) is 14.3. The lowest BCUT2D eigenvalue weighted by Crippen LogP contribution is -2.52. The van der Waals surface area contributed by atoms with Gasteiger partial charge in [-0.15, -0.1) is 0 Å². The maximum absolute atomic E-state index is 12.8. The number of carbonyl (C=O) groups is 1. The summed E-state index contributed by atoms with van der Waals surface area (Å²) in [6.45, 7) is 2.32. The molecule has 0 bridgehead atoms. The quantitative estimate of drug-likeness (QED) is 0.836. The van der Waals surface area contributed by atoms with Crippen LogP contribution < -0.4 is 0 Å². The average Bonchev–Trinajstić information content (AvgIpc) is 3.22. The fourth-order valence-electron chi connectivity index (χ4n) is 4.13. The van der Waals surface area contributed by atoms with Crippen LogP contribution in [0, 0.1) is 5.92 Å². The molecule has 1 aliphatic heterocycles. The summed E-state index contributed by atoms with van der Waals surface area (Å²) in [6, 6.07) is 10.5. The Bertz CT molecular complexity index is 521. The highest BCUT2D eigenvalue weighted by Gasteiger charge is 2.48. The molecule has 0 radical (unpaired) electrons. The van der Waals surface area contributed by atoms with Crippen molar-refractivity contribution in [2.24, 2.45) is 5.92 Å². The number of benzene rings is 1. The molecule has 3 fully saturated rings. The van der Waals surface area contributed by atoms with Gasteiger partial charge in [-0.05, 0) is 30.7 Å². The van der Waals surface area contributed by atoms with Crippen molar-refractivity contribution in [1.82, 2.24) is 4.90 Å². The molecule has 1 spiro atoms. The van der Waals surface area contributed by atoms with E-state index in [4.69, 9.17) is 4.74 Å². The maximum Gasteiger partial charge on any atom is 0.226 e. The third-order valence-electron chi connectivity index (χ3n) is 5.41. The summed E-state index contributed by atoms with van der Waals surface area (Å²) in [5.41, 5.74) is 1.31. The van der Waals surface area contributed by atoms with Crippen LogP contribution in [0.25, 0.3) is 0 Å². The third-order valence-corrected chi connectivity index (χ3v) is 5.41. The summed E-state index contributed by atoms with van der Waals surface area (Å²) >= 11 is 0. The molecular weight excluding hydrogens is 262 g/mol. The average molecular weight is 285 g/mol. The molecule has 4 rings (SSSR count). The highest BCUT2D eigenvalue weighted by atomic mass is 16.5. The van der Waals surface area contributed by atoms with Gasteiger partial charge in [0.1, 0.15) is 0 Å². The lowest BCUT2D eigenvalue weighted by molar-refractivity contribution is -0.151. The number of morpholine rings is 1. The SMILES string of the molecule is O=C([C@@H]1C[C@H]1c1ccccc1)N1CCOC2(CCCC2)C1. The zero-order valence-corrected chi connectivity index (χ0v) is 12.5. The van der Waals surface area contributed by atoms with Crippen molar-refractivity contribution in [3.63, 3.8) is 0 Å². The van der Waals surface area contributed by atoms with E-state index in [1.807, 2.05) is 6.07 Å². The molecule has 3 aliphatic rings. The Kier molecular flexibility index (Phi) is 3.26. The highest BCUT2D eigenvalue weighted by Crippen LogP contribution is 2.49. The van der Waals surface area contributed by atoms with E-state index in [9.17, 15) is 4.79 Å². The second-order valence-corrected chi connectivity index (χ2v) is 6.86. The highest BCUT2D eigenvalue weighted by molar-refractivity contribution is 5.83. The lowest BCUT2D eigenvalue weighted by atomic mass is 9.99. The van der Waals surface area contributed by atoms with Gasteiger partial charge in [0.2, 0.25) is 5.91 Å². The number of hydrogen-bond donors (Lipinski definition) is 0. The van der Waals surface area contributed by atoms with Crippen molar-refractivity contribution in [2.75, 3.05) is 19.7 Å². The fraction of sp³-hybridized carbons (Fsp3) is 0.611. The van der Waals surface area contributed by atoms with Gasteiger partial charge in [-0.1, -0.05) is 43.2 Å². The van der Waals surface area contributed by atoms with E-state index in [0.717, 1.165) is 32.4 Å². The Morgan fingerprint density at radius 2 is 1.95 bits per heavy atom. The van der Waals surface area contributed by atoms with Crippen LogP contribution in [0.4, 0.5) is 0 Å². The normalized spacial score (nSPS) is 30.6. The molecule has 1 aromatic rings. The number of nitrogens with zero attached hydrogens (tertiary/aromatic N) is 1. The van der Waals surface area contributed by atoms with Crippen LogP contribution >= 0.6 is 0 Å². The Morgan fingerprint density at radius 3 is 2.71 bits per heavy atom. The molecule has 2 atom stereocenters. The molecule has 3 heteroatoms. The van der Waals surface area contributed by atoms with E-state index in [-0.39, 0.29) is 11.5 Å². The molecule has 1 aromatic carbocycles. The van der Waals surface area contributed by atoms with E-state index in [2.05, 4.69) is 29.2 Å². The first kappa shape index (κ1) is 13.3. The first-order chi connectivity index (χ1) is 10.3. The van der Waals surface area contributed by atoms with Gasteiger partial charge in [0, 0.05) is 19.0 Å². The Hall–Kier alpha value is -1.35. The summed E-state index contributed by atoms with van der Waals surface area (Å²) in [5.74, 6) is 1.02. The van der Waals surface area contributed by atoms with Gasteiger partial charge in [0.25, 0.3) is 0 Å². The van der Waals surface area contributed by atoms with Crippen molar-refractivity contribution in [3.05, 3.63) is 35.9 Å². The Balaban J connectivity index is 1.42. The van der Waals surface area contributed by atoms with Crippen LogP contribution in [-0.4, -0.2) is 36.1 Å².